The van der Waals surface area contributed by atoms with Crippen molar-refractivity contribution in [2.45, 2.75) is 44.9 Å². The van der Waals surface area contributed by atoms with Gasteiger partial charge < -0.3 is 11.1 Å². The molecule has 0 bridgehead atoms. The van der Waals surface area contributed by atoms with Crippen molar-refractivity contribution in [2.75, 3.05) is 13.1 Å². The molecule has 0 aromatic heterocycles. The van der Waals surface area contributed by atoms with Crippen molar-refractivity contribution in [3.8, 4) is 0 Å². The van der Waals surface area contributed by atoms with E-state index in [0.29, 0.717) is 11.8 Å². The van der Waals surface area contributed by atoms with Gasteiger partial charge in [0.1, 0.15) is 0 Å². The highest BCUT2D eigenvalue weighted by atomic mass is 16.1. The van der Waals surface area contributed by atoms with Gasteiger partial charge in [0.05, 0.1) is 0 Å². The summed E-state index contributed by atoms with van der Waals surface area (Å²) >= 11 is 0. The van der Waals surface area contributed by atoms with Crippen molar-refractivity contribution < 1.29 is 4.79 Å². The first kappa shape index (κ1) is 14.6. The van der Waals surface area contributed by atoms with Crippen LogP contribution < -0.4 is 11.1 Å². The van der Waals surface area contributed by atoms with Crippen LogP contribution in [0.15, 0.2) is 18.2 Å². The summed E-state index contributed by atoms with van der Waals surface area (Å²) < 4.78 is 0. The lowest BCUT2D eigenvalue weighted by Crippen LogP contribution is -2.36. The van der Waals surface area contributed by atoms with E-state index in [1.165, 1.54) is 43.2 Å². The Balaban J connectivity index is 1.58. The molecule has 1 saturated carbocycles. The van der Waals surface area contributed by atoms with Gasteiger partial charge in [-0.3, -0.25) is 4.79 Å². The third-order valence-corrected chi connectivity index (χ3v) is 5.25. The van der Waals surface area contributed by atoms with Crippen LogP contribution in [-0.4, -0.2) is 19.0 Å². The summed E-state index contributed by atoms with van der Waals surface area (Å²) in [6.45, 7) is 1.52. The molecule has 0 radical (unpaired) electrons. The van der Waals surface area contributed by atoms with E-state index in [1.54, 1.807) is 0 Å². The number of nitrogens with one attached hydrogen (secondary N) is 1. The number of carbonyl (C=O) groups excluding carboxylic acids is 1. The summed E-state index contributed by atoms with van der Waals surface area (Å²) in [5.74, 6) is 1.22. The lowest BCUT2D eigenvalue weighted by molar-refractivity contribution is 0.0935. The number of rotatable bonds is 4. The summed E-state index contributed by atoms with van der Waals surface area (Å²) in [5.41, 5.74) is 9.46. The van der Waals surface area contributed by atoms with Gasteiger partial charge >= 0.3 is 0 Å². The van der Waals surface area contributed by atoms with Crippen LogP contribution in [0.1, 0.15) is 53.6 Å². The molecule has 3 rings (SSSR count). The van der Waals surface area contributed by atoms with Crippen molar-refractivity contribution in [1.29, 1.82) is 0 Å². The van der Waals surface area contributed by atoms with E-state index in [-0.39, 0.29) is 5.91 Å². The molecular formula is C18H26N2O. The SMILES string of the molecule is NCC1CCCCC1CNC(=O)c1ccc2c(c1)CCC2. The summed E-state index contributed by atoms with van der Waals surface area (Å²) in [5, 5.41) is 3.13. The predicted octanol–water partition coefficient (Wildman–Crippen LogP) is 2.67. The first-order valence-electron chi connectivity index (χ1n) is 8.38. The van der Waals surface area contributed by atoms with E-state index in [2.05, 4.69) is 17.4 Å². The number of amides is 1. The van der Waals surface area contributed by atoms with Gasteiger partial charge in [0.25, 0.3) is 5.91 Å². The van der Waals surface area contributed by atoms with Gasteiger partial charge in [0.2, 0.25) is 0 Å². The van der Waals surface area contributed by atoms with Gasteiger partial charge in [-0.1, -0.05) is 18.9 Å². The molecule has 2 aliphatic rings. The van der Waals surface area contributed by atoms with E-state index in [1.807, 2.05) is 6.07 Å². The zero-order chi connectivity index (χ0) is 14.7. The van der Waals surface area contributed by atoms with E-state index >= 15 is 0 Å². The molecule has 2 atom stereocenters. The largest absolute Gasteiger partial charge is 0.352 e. The normalized spacial score (nSPS) is 24.6. The van der Waals surface area contributed by atoms with Gasteiger partial charge in [0, 0.05) is 12.1 Å². The summed E-state index contributed by atoms with van der Waals surface area (Å²) in [7, 11) is 0. The van der Waals surface area contributed by atoms with Crippen LogP contribution in [0.3, 0.4) is 0 Å². The molecule has 3 nitrogen and oxygen atoms in total. The fraction of sp³-hybridized carbons (Fsp3) is 0.611. The second-order valence-electron chi connectivity index (χ2n) is 6.59. The van der Waals surface area contributed by atoms with Crippen molar-refractivity contribution in [2.24, 2.45) is 17.6 Å². The quantitative estimate of drug-likeness (QED) is 0.894. The molecule has 0 heterocycles. The molecule has 2 aliphatic carbocycles. The maximum Gasteiger partial charge on any atom is 0.251 e. The highest BCUT2D eigenvalue weighted by Crippen LogP contribution is 2.29. The molecular weight excluding hydrogens is 260 g/mol. The topological polar surface area (TPSA) is 55.1 Å². The van der Waals surface area contributed by atoms with Crippen molar-refractivity contribution >= 4 is 5.91 Å². The fourth-order valence-electron chi connectivity index (χ4n) is 3.90. The predicted molar refractivity (Wildman–Crippen MR) is 85.3 cm³/mol. The zero-order valence-electron chi connectivity index (χ0n) is 12.7. The minimum Gasteiger partial charge on any atom is -0.352 e. The van der Waals surface area contributed by atoms with Crippen LogP contribution in [0, 0.1) is 11.8 Å². The highest BCUT2D eigenvalue weighted by molar-refractivity contribution is 5.94. The van der Waals surface area contributed by atoms with Gasteiger partial charge in [-0.2, -0.15) is 0 Å². The van der Waals surface area contributed by atoms with Crippen molar-refractivity contribution in [3.63, 3.8) is 0 Å². The fourth-order valence-corrected chi connectivity index (χ4v) is 3.90. The molecule has 3 N–H and O–H groups in total. The summed E-state index contributed by atoms with van der Waals surface area (Å²) in [6.07, 6.45) is 8.49. The molecule has 1 fully saturated rings. The number of nitrogens with two attached hydrogens (primary N) is 1. The third-order valence-electron chi connectivity index (χ3n) is 5.25. The first-order valence-corrected chi connectivity index (χ1v) is 8.38. The smallest absolute Gasteiger partial charge is 0.251 e. The average Bonchev–Trinajstić information content (AvgIpc) is 3.00. The maximum absolute atomic E-state index is 12.3. The van der Waals surface area contributed by atoms with Gasteiger partial charge in [-0.25, -0.2) is 0 Å². The Kier molecular flexibility index (Phi) is 4.59. The Morgan fingerprint density at radius 3 is 2.67 bits per heavy atom. The lowest BCUT2D eigenvalue weighted by Gasteiger charge is -2.30. The highest BCUT2D eigenvalue weighted by Gasteiger charge is 2.24. The minimum atomic E-state index is 0.0750. The Labute approximate surface area is 127 Å². The first-order chi connectivity index (χ1) is 10.3. The molecule has 0 saturated heterocycles. The minimum absolute atomic E-state index is 0.0750. The van der Waals surface area contributed by atoms with Gasteiger partial charge in [-0.15, -0.1) is 0 Å². The molecule has 1 aromatic rings. The molecule has 3 heteroatoms. The van der Waals surface area contributed by atoms with Crippen molar-refractivity contribution in [1.82, 2.24) is 5.32 Å². The zero-order valence-corrected chi connectivity index (χ0v) is 12.7. The molecule has 0 spiro atoms. The van der Waals surface area contributed by atoms with Crippen LogP contribution in [0.5, 0.6) is 0 Å². The third kappa shape index (κ3) is 3.29. The molecule has 2 unspecified atom stereocenters. The van der Waals surface area contributed by atoms with E-state index < -0.39 is 0 Å². The Morgan fingerprint density at radius 2 is 1.86 bits per heavy atom. The Hall–Kier alpha value is -1.35. The van der Waals surface area contributed by atoms with Crippen LogP contribution in [-0.2, 0) is 12.8 Å². The van der Waals surface area contributed by atoms with Crippen LogP contribution >= 0.6 is 0 Å². The molecule has 1 amide bonds. The van der Waals surface area contributed by atoms with Crippen molar-refractivity contribution in [3.05, 3.63) is 34.9 Å². The van der Waals surface area contributed by atoms with E-state index in [9.17, 15) is 4.79 Å². The lowest BCUT2D eigenvalue weighted by atomic mass is 9.79. The standard InChI is InChI=1S/C18H26N2O/c19-11-16-4-1-2-5-17(16)12-20-18(21)15-9-8-13-6-3-7-14(13)10-15/h8-10,16-17H,1-7,11-12,19H2,(H,20,21). The molecule has 21 heavy (non-hydrogen) atoms. The number of benzene rings is 1. The number of aryl methyl sites for hydroxylation is 2. The van der Waals surface area contributed by atoms with Crippen LogP contribution in [0.2, 0.25) is 0 Å². The van der Waals surface area contributed by atoms with Gasteiger partial charge in [-0.05, 0) is 73.7 Å². The van der Waals surface area contributed by atoms with E-state index in [0.717, 1.165) is 31.5 Å². The molecule has 0 aliphatic heterocycles. The number of carbonyl (C=O) groups is 1. The second kappa shape index (κ2) is 6.61. The Bertz CT molecular complexity index is 512. The summed E-state index contributed by atoms with van der Waals surface area (Å²) in [6, 6.07) is 6.18. The van der Waals surface area contributed by atoms with E-state index in [4.69, 9.17) is 5.73 Å². The Morgan fingerprint density at radius 1 is 1.10 bits per heavy atom. The number of hydrogen-bond donors (Lipinski definition) is 2. The number of hydrogen-bond acceptors (Lipinski definition) is 2. The second-order valence-corrected chi connectivity index (χ2v) is 6.59. The average molecular weight is 286 g/mol. The van der Waals surface area contributed by atoms with Crippen LogP contribution in [0.4, 0.5) is 0 Å². The van der Waals surface area contributed by atoms with Crippen LogP contribution in [0.25, 0.3) is 0 Å². The molecule has 1 aromatic carbocycles. The van der Waals surface area contributed by atoms with Gasteiger partial charge in [0.15, 0.2) is 0 Å². The monoisotopic (exact) mass is 286 g/mol. The maximum atomic E-state index is 12.3. The number of fused-ring (bicyclic) bond motifs is 1. The summed E-state index contributed by atoms with van der Waals surface area (Å²) in [4.78, 5) is 12.3. The molecule has 114 valence electrons.